The molecule has 0 fully saturated rings. The number of aromatic nitrogens is 2. The highest BCUT2D eigenvalue weighted by atomic mass is 127. The predicted octanol–water partition coefficient (Wildman–Crippen LogP) is 2.27. The van der Waals surface area contributed by atoms with Gasteiger partial charge in [0.15, 0.2) is 3.01 Å². The van der Waals surface area contributed by atoms with Gasteiger partial charge in [0.05, 0.1) is 0 Å². The average Bonchev–Trinajstić information content (AvgIpc) is 2.14. The smallest absolute Gasteiger partial charge is 0.173 e. The maximum atomic E-state index is 4.20. The zero-order chi connectivity index (χ0) is 6.85. The summed E-state index contributed by atoms with van der Waals surface area (Å²) in [7, 11) is 0. The zero-order valence-corrected chi connectivity index (χ0v) is 8.23. The van der Waals surface area contributed by atoms with Crippen molar-refractivity contribution < 1.29 is 0 Å². The summed E-state index contributed by atoms with van der Waals surface area (Å²) in [6.45, 7) is 4.19. The molecule has 0 spiro atoms. The van der Waals surface area contributed by atoms with Gasteiger partial charge in [-0.3, -0.25) is 0 Å². The topological polar surface area (TPSA) is 25.8 Å². The minimum atomic E-state index is 0.463. The molecule has 0 bridgehead atoms. The molecule has 2 nitrogen and oxygen atoms in total. The molecule has 4 heteroatoms. The lowest BCUT2D eigenvalue weighted by molar-refractivity contribution is 0.796. The lowest BCUT2D eigenvalue weighted by Gasteiger charge is -1.92. The van der Waals surface area contributed by atoms with Crippen molar-refractivity contribution in [2.75, 3.05) is 0 Å². The second-order valence-electron chi connectivity index (χ2n) is 2.06. The van der Waals surface area contributed by atoms with Crippen molar-refractivity contribution in [2.24, 2.45) is 0 Å². The predicted molar refractivity (Wildman–Crippen MR) is 46.7 cm³/mol. The van der Waals surface area contributed by atoms with E-state index >= 15 is 0 Å². The standard InChI is InChI=1S/C5H7IN2S/c1-3(2)4-7-5(6)9-8-4/h3H,1-2H3. The molecule has 0 aliphatic carbocycles. The number of rotatable bonds is 1. The van der Waals surface area contributed by atoms with Crippen LogP contribution in [-0.2, 0) is 0 Å². The van der Waals surface area contributed by atoms with Gasteiger partial charge in [-0.2, -0.15) is 4.37 Å². The van der Waals surface area contributed by atoms with Crippen molar-refractivity contribution in [1.82, 2.24) is 9.36 Å². The molecule has 0 aliphatic rings. The highest BCUT2D eigenvalue weighted by molar-refractivity contribution is 14.1. The summed E-state index contributed by atoms with van der Waals surface area (Å²) in [5.74, 6) is 1.43. The first-order valence-corrected chi connectivity index (χ1v) is 4.54. The van der Waals surface area contributed by atoms with Gasteiger partial charge in [-0.15, -0.1) is 0 Å². The molecule has 0 saturated heterocycles. The van der Waals surface area contributed by atoms with Crippen LogP contribution in [0.2, 0.25) is 0 Å². The van der Waals surface area contributed by atoms with Gasteiger partial charge in [-0.25, -0.2) is 4.98 Å². The van der Waals surface area contributed by atoms with Crippen molar-refractivity contribution in [3.63, 3.8) is 0 Å². The highest BCUT2D eigenvalue weighted by Crippen LogP contribution is 2.14. The minimum Gasteiger partial charge on any atom is -0.213 e. The van der Waals surface area contributed by atoms with Crippen LogP contribution >= 0.6 is 34.1 Å². The largest absolute Gasteiger partial charge is 0.213 e. The Balaban J connectivity index is 2.85. The second-order valence-corrected chi connectivity index (χ2v) is 4.57. The maximum Gasteiger partial charge on any atom is 0.173 e. The van der Waals surface area contributed by atoms with Gasteiger partial charge in [0.2, 0.25) is 0 Å². The lowest BCUT2D eigenvalue weighted by atomic mass is 10.2. The first kappa shape index (κ1) is 7.40. The van der Waals surface area contributed by atoms with Crippen molar-refractivity contribution in [1.29, 1.82) is 0 Å². The van der Waals surface area contributed by atoms with Crippen LogP contribution in [0.15, 0.2) is 0 Å². The van der Waals surface area contributed by atoms with E-state index < -0.39 is 0 Å². The lowest BCUT2D eigenvalue weighted by Crippen LogP contribution is -1.88. The Morgan fingerprint density at radius 2 is 2.22 bits per heavy atom. The SMILES string of the molecule is CC(C)c1nsc(I)n1. The zero-order valence-electron chi connectivity index (χ0n) is 5.26. The molecule has 1 aromatic heterocycles. The van der Waals surface area contributed by atoms with Crippen LogP contribution < -0.4 is 0 Å². The summed E-state index contributed by atoms with van der Waals surface area (Å²) >= 11 is 3.64. The van der Waals surface area contributed by atoms with Crippen molar-refractivity contribution in [3.8, 4) is 0 Å². The van der Waals surface area contributed by atoms with Gasteiger partial charge >= 0.3 is 0 Å². The molecule has 0 unspecified atom stereocenters. The van der Waals surface area contributed by atoms with E-state index in [1.54, 1.807) is 0 Å². The van der Waals surface area contributed by atoms with Crippen LogP contribution in [-0.4, -0.2) is 9.36 Å². The molecule has 0 amide bonds. The van der Waals surface area contributed by atoms with Crippen LogP contribution in [0.1, 0.15) is 25.6 Å². The third-order valence-corrected chi connectivity index (χ3v) is 2.29. The van der Waals surface area contributed by atoms with E-state index in [0.29, 0.717) is 5.92 Å². The van der Waals surface area contributed by atoms with E-state index in [1.165, 1.54) is 11.5 Å². The molecule has 0 aliphatic heterocycles. The third kappa shape index (κ3) is 1.86. The number of halogens is 1. The molecular weight excluding hydrogens is 247 g/mol. The summed E-state index contributed by atoms with van der Waals surface area (Å²) < 4.78 is 5.16. The Morgan fingerprint density at radius 3 is 2.44 bits per heavy atom. The molecule has 0 N–H and O–H groups in total. The van der Waals surface area contributed by atoms with Crippen LogP contribution in [0.4, 0.5) is 0 Å². The molecule has 0 radical (unpaired) electrons. The fourth-order valence-electron chi connectivity index (χ4n) is 0.450. The minimum absolute atomic E-state index is 0.463. The summed E-state index contributed by atoms with van der Waals surface area (Å²) in [5, 5.41) is 0. The number of hydrogen-bond acceptors (Lipinski definition) is 3. The van der Waals surface area contributed by atoms with E-state index in [0.717, 1.165) is 8.84 Å². The van der Waals surface area contributed by atoms with Gasteiger partial charge in [0.1, 0.15) is 5.82 Å². The van der Waals surface area contributed by atoms with E-state index in [-0.39, 0.29) is 0 Å². The fourth-order valence-corrected chi connectivity index (χ4v) is 1.55. The van der Waals surface area contributed by atoms with Crippen molar-refractivity contribution >= 4 is 34.1 Å². The molecule has 1 rings (SSSR count). The van der Waals surface area contributed by atoms with E-state index in [4.69, 9.17) is 0 Å². The molecule has 1 heterocycles. The number of nitrogens with zero attached hydrogens (tertiary/aromatic N) is 2. The molecule has 0 atom stereocenters. The van der Waals surface area contributed by atoms with Crippen molar-refractivity contribution in [3.05, 3.63) is 8.84 Å². The molecule has 0 aromatic carbocycles. The monoisotopic (exact) mass is 254 g/mol. The molecule has 1 aromatic rings. The van der Waals surface area contributed by atoms with E-state index in [9.17, 15) is 0 Å². The molecule has 0 saturated carbocycles. The Bertz CT molecular complexity index is 197. The summed E-state index contributed by atoms with van der Waals surface area (Å²) in [5.41, 5.74) is 0. The normalized spacial score (nSPS) is 10.7. The summed E-state index contributed by atoms with van der Waals surface area (Å²) in [6.07, 6.45) is 0. The summed E-state index contributed by atoms with van der Waals surface area (Å²) in [6, 6.07) is 0. The number of hydrogen-bond donors (Lipinski definition) is 0. The Hall–Kier alpha value is 0.290. The van der Waals surface area contributed by atoms with Crippen LogP contribution in [0, 0.1) is 3.01 Å². The Morgan fingerprint density at radius 1 is 1.56 bits per heavy atom. The second kappa shape index (κ2) is 2.92. The van der Waals surface area contributed by atoms with Gasteiger partial charge < -0.3 is 0 Å². The van der Waals surface area contributed by atoms with Crippen molar-refractivity contribution in [2.45, 2.75) is 19.8 Å². The van der Waals surface area contributed by atoms with Crippen LogP contribution in [0.25, 0.3) is 0 Å². The Labute approximate surface area is 72.0 Å². The average molecular weight is 254 g/mol. The quantitative estimate of drug-likeness (QED) is 0.718. The van der Waals surface area contributed by atoms with Gasteiger partial charge in [-0.05, 0) is 34.1 Å². The van der Waals surface area contributed by atoms with E-state index in [2.05, 4.69) is 45.8 Å². The molecule has 50 valence electrons. The van der Waals surface area contributed by atoms with Gasteiger partial charge in [0, 0.05) is 5.92 Å². The van der Waals surface area contributed by atoms with Crippen LogP contribution in [0.3, 0.4) is 0 Å². The Kier molecular flexibility index (Phi) is 2.40. The summed E-state index contributed by atoms with van der Waals surface area (Å²) in [4.78, 5) is 4.20. The highest BCUT2D eigenvalue weighted by Gasteiger charge is 2.03. The molecular formula is C5H7IN2S. The molecule has 9 heavy (non-hydrogen) atoms. The van der Waals surface area contributed by atoms with Gasteiger partial charge in [-0.1, -0.05) is 13.8 Å². The first-order chi connectivity index (χ1) is 4.20. The third-order valence-electron chi connectivity index (χ3n) is 0.933. The van der Waals surface area contributed by atoms with E-state index in [1.807, 2.05) is 0 Å². The first-order valence-electron chi connectivity index (χ1n) is 2.69. The van der Waals surface area contributed by atoms with Crippen LogP contribution in [0.5, 0.6) is 0 Å². The van der Waals surface area contributed by atoms with Gasteiger partial charge in [0.25, 0.3) is 0 Å². The maximum absolute atomic E-state index is 4.20. The fraction of sp³-hybridized carbons (Fsp3) is 0.600.